The summed E-state index contributed by atoms with van der Waals surface area (Å²) in [6.07, 6.45) is 0. The van der Waals surface area contributed by atoms with Gasteiger partial charge in [-0.15, -0.1) is 0 Å². The molecule has 0 bridgehead atoms. The first-order valence-corrected chi connectivity index (χ1v) is 6.33. The maximum Gasteiger partial charge on any atom is 0.248 e. The van der Waals surface area contributed by atoms with E-state index >= 15 is 0 Å². The van der Waals surface area contributed by atoms with E-state index in [0.717, 1.165) is 5.56 Å². The minimum Gasteiger partial charge on any atom is -0.496 e. The molecule has 20 heavy (non-hydrogen) atoms. The molecule has 0 saturated carbocycles. The van der Waals surface area contributed by atoms with Crippen molar-refractivity contribution in [1.82, 2.24) is 0 Å². The third kappa shape index (κ3) is 3.42. The van der Waals surface area contributed by atoms with Gasteiger partial charge in [0.05, 0.1) is 7.11 Å². The Morgan fingerprint density at radius 2 is 1.90 bits per heavy atom. The van der Waals surface area contributed by atoms with Crippen molar-refractivity contribution in [2.24, 2.45) is 5.73 Å². The number of hydrogen-bond acceptors (Lipinski definition) is 3. The van der Waals surface area contributed by atoms with Crippen LogP contribution in [0.3, 0.4) is 0 Å². The van der Waals surface area contributed by atoms with Gasteiger partial charge in [0, 0.05) is 16.1 Å². The van der Waals surface area contributed by atoms with Crippen LogP contribution in [0.25, 0.3) is 0 Å². The molecule has 0 saturated heterocycles. The summed E-state index contributed by atoms with van der Waals surface area (Å²) in [5.41, 5.74) is 6.46. The zero-order chi connectivity index (χ0) is 14.5. The molecule has 0 aliphatic rings. The number of primary amides is 1. The highest BCUT2D eigenvalue weighted by Gasteiger charge is 2.06. The van der Waals surface area contributed by atoms with Gasteiger partial charge in [-0.2, -0.15) is 0 Å². The zero-order valence-electron chi connectivity index (χ0n) is 10.9. The number of ether oxygens (including phenoxy) is 2. The quantitative estimate of drug-likeness (QED) is 0.921. The molecule has 0 aliphatic heterocycles. The van der Waals surface area contributed by atoms with Crippen LogP contribution in [0.1, 0.15) is 15.9 Å². The maximum atomic E-state index is 11.0. The summed E-state index contributed by atoms with van der Waals surface area (Å²) in [6.45, 7) is 0.319. The summed E-state index contributed by atoms with van der Waals surface area (Å²) in [5, 5.41) is 0.619. The Kier molecular flexibility index (Phi) is 4.48. The van der Waals surface area contributed by atoms with Gasteiger partial charge in [0.25, 0.3) is 0 Å². The molecule has 0 aliphatic carbocycles. The Hall–Kier alpha value is -2.20. The average molecular weight is 292 g/mol. The number of amides is 1. The van der Waals surface area contributed by atoms with Crippen LogP contribution in [0, 0.1) is 0 Å². The smallest absolute Gasteiger partial charge is 0.248 e. The minimum atomic E-state index is -0.465. The van der Waals surface area contributed by atoms with E-state index in [4.69, 9.17) is 26.8 Å². The third-order valence-electron chi connectivity index (χ3n) is 2.78. The summed E-state index contributed by atoms with van der Waals surface area (Å²) >= 11 is 5.95. The second-order valence-corrected chi connectivity index (χ2v) is 4.57. The normalized spacial score (nSPS) is 10.1. The average Bonchev–Trinajstić information content (AvgIpc) is 2.45. The molecule has 5 heteroatoms. The summed E-state index contributed by atoms with van der Waals surface area (Å²) in [4.78, 5) is 11.0. The highest BCUT2D eigenvalue weighted by Crippen LogP contribution is 2.24. The van der Waals surface area contributed by atoms with E-state index < -0.39 is 5.91 Å². The molecule has 2 rings (SSSR count). The van der Waals surface area contributed by atoms with Crippen LogP contribution in [0.5, 0.6) is 11.5 Å². The van der Waals surface area contributed by atoms with Gasteiger partial charge in [-0.05, 0) is 42.5 Å². The molecule has 2 aromatic rings. The molecule has 2 aromatic carbocycles. The summed E-state index contributed by atoms with van der Waals surface area (Å²) in [7, 11) is 1.59. The van der Waals surface area contributed by atoms with Gasteiger partial charge in [-0.3, -0.25) is 4.79 Å². The number of carbonyl (C=O) groups excluding carboxylic acids is 1. The first-order valence-electron chi connectivity index (χ1n) is 5.95. The fraction of sp³-hybridized carbons (Fsp3) is 0.133. The first kappa shape index (κ1) is 14.2. The van der Waals surface area contributed by atoms with Crippen LogP contribution in [0.15, 0.2) is 42.5 Å². The molecule has 0 fully saturated rings. The molecule has 2 N–H and O–H groups in total. The number of benzene rings is 2. The third-order valence-corrected chi connectivity index (χ3v) is 3.01. The van der Waals surface area contributed by atoms with E-state index in [1.54, 1.807) is 49.6 Å². The van der Waals surface area contributed by atoms with E-state index in [9.17, 15) is 4.79 Å². The van der Waals surface area contributed by atoms with Gasteiger partial charge in [0.15, 0.2) is 0 Å². The van der Waals surface area contributed by atoms with Crippen molar-refractivity contribution in [1.29, 1.82) is 0 Å². The number of rotatable bonds is 5. The Labute approximate surface area is 122 Å². The summed E-state index contributed by atoms with van der Waals surface area (Å²) < 4.78 is 10.9. The Balaban J connectivity index is 2.08. The van der Waals surface area contributed by atoms with Crippen LogP contribution in [0.4, 0.5) is 0 Å². The lowest BCUT2D eigenvalue weighted by Gasteiger charge is -2.10. The van der Waals surface area contributed by atoms with Crippen LogP contribution >= 0.6 is 11.6 Å². The Morgan fingerprint density at radius 3 is 2.50 bits per heavy atom. The van der Waals surface area contributed by atoms with Crippen molar-refractivity contribution in [3.63, 3.8) is 0 Å². The van der Waals surface area contributed by atoms with Crippen LogP contribution in [-0.4, -0.2) is 13.0 Å². The largest absolute Gasteiger partial charge is 0.496 e. The lowest BCUT2D eigenvalue weighted by molar-refractivity contribution is 0.100. The molecular formula is C15H14ClNO3. The van der Waals surface area contributed by atoms with E-state index in [1.807, 2.05) is 0 Å². The molecule has 0 radical (unpaired) electrons. The van der Waals surface area contributed by atoms with Gasteiger partial charge >= 0.3 is 0 Å². The van der Waals surface area contributed by atoms with Crippen LogP contribution in [0.2, 0.25) is 5.02 Å². The number of halogens is 1. The fourth-order valence-corrected chi connectivity index (χ4v) is 1.93. The lowest BCUT2D eigenvalue weighted by Crippen LogP contribution is -2.10. The maximum absolute atomic E-state index is 11.0. The van der Waals surface area contributed by atoms with Gasteiger partial charge in [0.1, 0.15) is 18.1 Å². The van der Waals surface area contributed by atoms with Crippen LogP contribution < -0.4 is 15.2 Å². The van der Waals surface area contributed by atoms with Gasteiger partial charge < -0.3 is 15.2 Å². The van der Waals surface area contributed by atoms with Gasteiger partial charge in [-0.1, -0.05) is 11.6 Å². The molecule has 0 atom stereocenters. The molecule has 0 heterocycles. The number of methoxy groups -OCH3 is 1. The van der Waals surface area contributed by atoms with E-state index in [1.165, 1.54) is 0 Å². The van der Waals surface area contributed by atoms with Crippen molar-refractivity contribution in [3.05, 3.63) is 58.6 Å². The second-order valence-electron chi connectivity index (χ2n) is 4.13. The van der Waals surface area contributed by atoms with Gasteiger partial charge in [-0.25, -0.2) is 0 Å². The van der Waals surface area contributed by atoms with E-state index in [2.05, 4.69) is 0 Å². The molecule has 104 valence electrons. The predicted molar refractivity (Wildman–Crippen MR) is 77.3 cm³/mol. The van der Waals surface area contributed by atoms with Crippen molar-refractivity contribution >= 4 is 17.5 Å². The van der Waals surface area contributed by atoms with E-state index in [0.29, 0.717) is 28.7 Å². The topological polar surface area (TPSA) is 61.6 Å². The fourth-order valence-electron chi connectivity index (χ4n) is 1.74. The minimum absolute atomic E-state index is 0.319. The molecule has 1 amide bonds. The lowest BCUT2D eigenvalue weighted by atomic mass is 10.2. The first-order chi connectivity index (χ1) is 9.60. The molecule has 0 spiro atoms. The predicted octanol–water partition coefficient (Wildman–Crippen LogP) is 3.03. The van der Waals surface area contributed by atoms with Crippen molar-refractivity contribution in [3.8, 4) is 11.5 Å². The Bertz CT molecular complexity index is 611. The summed E-state index contributed by atoms with van der Waals surface area (Å²) in [6, 6.07) is 12.0. The number of carbonyl (C=O) groups is 1. The highest BCUT2D eigenvalue weighted by molar-refractivity contribution is 6.30. The monoisotopic (exact) mass is 291 g/mol. The summed E-state index contributed by atoms with van der Waals surface area (Å²) in [5.74, 6) is 0.883. The van der Waals surface area contributed by atoms with Gasteiger partial charge in [0.2, 0.25) is 5.91 Å². The van der Waals surface area contributed by atoms with E-state index in [-0.39, 0.29) is 0 Å². The number of hydrogen-bond donors (Lipinski definition) is 1. The van der Waals surface area contributed by atoms with Crippen molar-refractivity contribution < 1.29 is 14.3 Å². The number of nitrogens with two attached hydrogens (primary N) is 1. The second kappa shape index (κ2) is 6.30. The standard InChI is InChI=1S/C15H14ClNO3/c1-19-14-7-4-12(16)8-11(14)9-20-13-5-2-10(3-6-13)15(17)18/h2-8H,9H2,1H3,(H2,17,18). The SMILES string of the molecule is COc1ccc(Cl)cc1COc1ccc(C(N)=O)cc1. The zero-order valence-corrected chi connectivity index (χ0v) is 11.7. The highest BCUT2D eigenvalue weighted by atomic mass is 35.5. The molecule has 0 unspecified atom stereocenters. The molecular weight excluding hydrogens is 278 g/mol. The Morgan fingerprint density at radius 1 is 1.20 bits per heavy atom. The molecule has 0 aromatic heterocycles. The van der Waals surface area contributed by atoms with Crippen LogP contribution in [-0.2, 0) is 6.61 Å². The van der Waals surface area contributed by atoms with Crippen molar-refractivity contribution in [2.75, 3.05) is 7.11 Å². The molecule has 4 nitrogen and oxygen atoms in total. The van der Waals surface area contributed by atoms with Crippen molar-refractivity contribution in [2.45, 2.75) is 6.61 Å².